The Morgan fingerprint density at radius 1 is 1.40 bits per heavy atom. The first-order chi connectivity index (χ1) is 7.24. The number of benzene rings is 1. The van der Waals surface area contributed by atoms with Gasteiger partial charge in [-0.1, -0.05) is 29.8 Å². The van der Waals surface area contributed by atoms with E-state index in [1.807, 2.05) is 0 Å². The van der Waals surface area contributed by atoms with Gasteiger partial charge in [-0.2, -0.15) is 0 Å². The highest BCUT2D eigenvalue weighted by molar-refractivity contribution is 5.81. The summed E-state index contributed by atoms with van der Waals surface area (Å²) in [7, 11) is 0. The molecule has 0 spiro atoms. The van der Waals surface area contributed by atoms with E-state index < -0.39 is 0 Å². The van der Waals surface area contributed by atoms with Gasteiger partial charge in [-0.15, -0.1) is 0 Å². The fraction of sp³-hybridized carbons (Fsp3) is 0.417. The first-order valence-corrected chi connectivity index (χ1v) is 5.34. The molecular weight excluding hydrogens is 186 g/mol. The van der Waals surface area contributed by atoms with Gasteiger partial charge in [-0.25, -0.2) is 0 Å². The maximum Gasteiger partial charge on any atom is 0.191 e. The molecule has 3 heteroatoms. The molecule has 0 saturated heterocycles. The second-order valence-corrected chi connectivity index (χ2v) is 4.07. The first kappa shape index (κ1) is 10.0. The Hall–Kier alpha value is -1.51. The molecule has 15 heavy (non-hydrogen) atoms. The third kappa shape index (κ3) is 2.72. The lowest BCUT2D eigenvalue weighted by atomic mass is 10.1. The van der Waals surface area contributed by atoms with Gasteiger partial charge in [-0.05, 0) is 19.4 Å². The first-order valence-electron chi connectivity index (χ1n) is 5.34. The molecule has 0 amide bonds. The van der Waals surface area contributed by atoms with Crippen LogP contribution in [0.1, 0.15) is 18.1 Å². The van der Waals surface area contributed by atoms with Crippen molar-refractivity contribution in [2.45, 2.75) is 26.4 Å². The molecule has 3 nitrogen and oxygen atoms in total. The summed E-state index contributed by atoms with van der Waals surface area (Å²) in [4.78, 5) is 4.34. The van der Waals surface area contributed by atoms with E-state index in [0.29, 0.717) is 6.04 Å². The molecule has 1 unspecified atom stereocenters. The summed E-state index contributed by atoms with van der Waals surface area (Å²) in [5.41, 5.74) is 2.58. The van der Waals surface area contributed by atoms with Gasteiger partial charge in [0, 0.05) is 12.6 Å². The predicted molar refractivity (Wildman–Crippen MR) is 62.9 cm³/mol. The van der Waals surface area contributed by atoms with E-state index in [9.17, 15) is 0 Å². The minimum Gasteiger partial charge on any atom is -0.352 e. The minimum atomic E-state index is 0.463. The van der Waals surface area contributed by atoms with Gasteiger partial charge >= 0.3 is 0 Å². The van der Waals surface area contributed by atoms with Crippen molar-refractivity contribution in [3.05, 3.63) is 35.4 Å². The van der Waals surface area contributed by atoms with Gasteiger partial charge in [0.05, 0.1) is 6.54 Å². The van der Waals surface area contributed by atoms with Crippen LogP contribution in [0.5, 0.6) is 0 Å². The molecule has 1 atom stereocenters. The lowest BCUT2D eigenvalue weighted by Crippen LogP contribution is -2.37. The van der Waals surface area contributed by atoms with Crippen LogP contribution in [0.15, 0.2) is 29.3 Å². The molecule has 0 fully saturated rings. The van der Waals surface area contributed by atoms with Crippen molar-refractivity contribution in [2.24, 2.45) is 4.99 Å². The second kappa shape index (κ2) is 4.34. The van der Waals surface area contributed by atoms with Crippen molar-refractivity contribution in [1.29, 1.82) is 0 Å². The van der Waals surface area contributed by atoms with Crippen LogP contribution < -0.4 is 10.6 Å². The van der Waals surface area contributed by atoms with Crippen molar-refractivity contribution >= 4 is 5.96 Å². The number of guanidine groups is 1. The Kier molecular flexibility index (Phi) is 2.90. The second-order valence-electron chi connectivity index (χ2n) is 4.07. The molecule has 1 heterocycles. The van der Waals surface area contributed by atoms with Gasteiger partial charge in [0.1, 0.15) is 0 Å². The van der Waals surface area contributed by atoms with Crippen LogP contribution in [-0.4, -0.2) is 18.5 Å². The summed E-state index contributed by atoms with van der Waals surface area (Å²) in [6.07, 6.45) is 0. The molecule has 1 aromatic carbocycles. The number of aryl methyl sites for hydroxylation is 1. The zero-order valence-electron chi connectivity index (χ0n) is 9.25. The largest absolute Gasteiger partial charge is 0.352 e. The molecule has 1 aliphatic rings. The van der Waals surface area contributed by atoms with E-state index >= 15 is 0 Å². The summed E-state index contributed by atoms with van der Waals surface area (Å²) in [5, 5.41) is 6.56. The average molecular weight is 203 g/mol. The average Bonchev–Trinajstić information content (AvgIpc) is 2.64. The number of hydrogen-bond acceptors (Lipinski definition) is 3. The number of hydrogen-bond donors (Lipinski definition) is 2. The Morgan fingerprint density at radius 2 is 2.13 bits per heavy atom. The standard InChI is InChI=1S/C12H17N3/c1-9-3-5-11(6-4-9)8-14-12-13-7-10(2)15-12/h3-6,10H,7-8H2,1-2H3,(H2,13,14,15). The van der Waals surface area contributed by atoms with Crippen LogP contribution in [-0.2, 0) is 6.54 Å². The highest BCUT2D eigenvalue weighted by Crippen LogP contribution is 2.02. The Balaban J connectivity index is 1.86. The highest BCUT2D eigenvalue weighted by Gasteiger charge is 2.11. The van der Waals surface area contributed by atoms with Crippen molar-refractivity contribution in [3.8, 4) is 0 Å². The molecule has 0 bridgehead atoms. The Bertz CT molecular complexity index is 354. The van der Waals surface area contributed by atoms with Crippen LogP contribution in [0.2, 0.25) is 0 Å². The topological polar surface area (TPSA) is 36.4 Å². The van der Waals surface area contributed by atoms with Gasteiger partial charge in [0.15, 0.2) is 5.96 Å². The van der Waals surface area contributed by atoms with Gasteiger partial charge in [0.25, 0.3) is 0 Å². The van der Waals surface area contributed by atoms with Crippen molar-refractivity contribution in [1.82, 2.24) is 10.6 Å². The number of nitrogens with one attached hydrogen (secondary N) is 2. The maximum atomic E-state index is 4.34. The number of aliphatic imine (C=N–C) groups is 1. The fourth-order valence-corrected chi connectivity index (χ4v) is 1.55. The van der Waals surface area contributed by atoms with Gasteiger partial charge in [0.2, 0.25) is 0 Å². The van der Waals surface area contributed by atoms with Crippen LogP contribution in [0.25, 0.3) is 0 Å². The summed E-state index contributed by atoms with van der Waals surface area (Å²) in [6.45, 7) is 5.93. The van der Waals surface area contributed by atoms with Crippen LogP contribution >= 0.6 is 0 Å². The molecule has 0 aliphatic carbocycles. The zero-order valence-corrected chi connectivity index (χ0v) is 9.25. The normalized spacial score (nSPS) is 19.6. The molecule has 1 aliphatic heterocycles. The minimum absolute atomic E-state index is 0.463. The SMILES string of the molecule is Cc1ccc(CNC2=NCC(C)N2)cc1. The maximum absolute atomic E-state index is 4.34. The lowest BCUT2D eigenvalue weighted by Gasteiger charge is -2.08. The summed E-state index contributed by atoms with van der Waals surface area (Å²) < 4.78 is 0. The van der Waals surface area contributed by atoms with Crippen molar-refractivity contribution in [2.75, 3.05) is 6.54 Å². The van der Waals surface area contributed by atoms with Gasteiger partial charge < -0.3 is 10.6 Å². The summed E-state index contributed by atoms with van der Waals surface area (Å²) in [5.74, 6) is 0.920. The van der Waals surface area contributed by atoms with Crippen molar-refractivity contribution in [3.63, 3.8) is 0 Å². The molecule has 80 valence electrons. The third-order valence-corrected chi connectivity index (χ3v) is 2.49. The highest BCUT2D eigenvalue weighted by atomic mass is 15.2. The smallest absolute Gasteiger partial charge is 0.191 e. The summed E-state index contributed by atoms with van der Waals surface area (Å²) >= 11 is 0. The molecular formula is C12H17N3. The van der Waals surface area contributed by atoms with E-state index in [-0.39, 0.29) is 0 Å². The van der Waals surface area contributed by atoms with E-state index in [0.717, 1.165) is 19.0 Å². The number of nitrogens with zero attached hydrogens (tertiary/aromatic N) is 1. The molecule has 2 rings (SSSR count). The molecule has 2 N–H and O–H groups in total. The fourth-order valence-electron chi connectivity index (χ4n) is 1.55. The lowest BCUT2D eigenvalue weighted by molar-refractivity contribution is 0.713. The zero-order chi connectivity index (χ0) is 10.7. The molecule has 0 radical (unpaired) electrons. The van der Waals surface area contributed by atoms with Crippen LogP contribution in [0, 0.1) is 6.92 Å². The molecule has 0 saturated carbocycles. The Labute approximate surface area is 90.6 Å². The monoisotopic (exact) mass is 203 g/mol. The van der Waals surface area contributed by atoms with E-state index in [4.69, 9.17) is 0 Å². The van der Waals surface area contributed by atoms with Crippen molar-refractivity contribution < 1.29 is 0 Å². The molecule has 1 aromatic rings. The number of rotatable bonds is 2. The third-order valence-electron chi connectivity index (χ3n) is 2.49. The van der Waals surface area contributed by atoms with Crippen LogP contribution in [0.3, 0.4) is 0 Å². The quantitative estimate of drug-likeness (QED) is 0.763. The summed E-state index contributed by atoms with van der Waals surface area (Å²) in [6, 6.07) is 9.00. The van der Waals surface area contributed by atoms with Crippen LogP contribution in [0.4, 0.5) is 0 Å². The van der Waals surface area contributed by atoms with Gasteiger partial charge in [-0.3, -0.25) is 4.99 Å². The molecule has 0 aromatic heterocycles. The predicted octanol–water partition coefficient (Wildman–Crippen LogP) is 1.43. The van der Waals surface area contributed by atoms with E-state index in [2.05, 4.69) is 53.7 Å². The van der Waals surface area contributed by atoms with E-state index in [1.54, 1.807) is 0 Å². The van der Waals surface area contributed by atoms with E-state index in [1.165, 1.54) is 11.1 Å². The Morgan fingerprint density at radius 3 is 2.73 bits per heavy atom.